The van der Waals surface area contributed by atoms with Gasteiger partial charge in [-0.2, -0.15) is 0 Å². The topological polar surface area (TPSA) is 53.6 Å². The smallest absolute Gasteiger partial charge is 0.407 e. The molecule has 0 bridgehead atoms. The summed E-state index contributed by atoms with van der Waals surface area (Å²) < 4.78 is 4.60. The van der Waals surface area contributed by atoms with Crippen LogP contribution in [0.1, 0.15) is 19.3 Å². The number of methoxy groups -OCH3 is 1. The minimum absolute atomic E-state index is 0.210. The van der Waals surface area contributed by atoms with Gasteiger partial charge in [0.1, 0.15) is 0 Å². The highest BCUT2D eigenvalue weighted by Gasteiger charge is 2.25. The molecule has 5 heteroatoms. The number of carbonyl (C=O) groups excluding carboxylic acids is 1. The third-order valence-corrected chi connectivity index (χ3v) is 3.45. The highest BCUT2D eigenvalue weighted by atomic mass is 16.5. The fourth-order valence-electron chi connectivity index (χ4n) is 2.27. The molecule has 2 N–H and O–H groups in total. The number of carbonyl (C=O) groups is 1. The zero-order valence-corrected chi connectivity index (χ0v) is 11.1. The minimum Gasteiger partial charge on any atom is -0.453 e. The lowest BCUT2D eigenvalue weighted by molar-refractivity contribution is 0.166. The summed E-state index contributed by atoms with van der Waals surface area (Å²) in [5.41, 5.74) is 1.22. The summed E-state index contributed by atoms with van der Waals surface area (Å²) in [6, 6.07) is 0.940. The van der Waals surface area contributed by atoms with Crippen molar-refractivity contribution in [1.29, 1.82) is 0 Å². The van der Waals surface area contributed by atoms with Crippen LogP contribution in [0.25, 0.3) is 0 Å². The second-order valence-electron chi connectivity index (χ2n) is 5.26. The molecule has 2 rings (SSSR count). The first-order chi connectivity index (χ1) is 8.67. The Morgan fingerprint density at radius 2 is 2.17 bits per heavy atom. The van der Waals surface area contributed by atoms with Gasteiger partial charge in [0, 0.05) is 38.3 Å². The zero-order chi connectivity index (χ0) is 13.0. The molecule has 1 aliphatic carbocycles. The van der Waals surface area contributed by atoms with Crippen LogP contribution in [0, 0.1) is 0 Å². The summed E-state index contributed by atoms with van der Waals surface area (Å²) in [5, 5.41) is 6.31. The van der Waals surface area contributed by atoms with Crippen LogP contribution < -0.4 is 10.6 Å². The summed E-state index contributed by atoms with van der Waals surface area (Å²) in [6.07, 6.45) is 3.26. The van der Waals surface area contributed by atoms with Crippen LogP contribution in [0.5, 0.6) is 0 Å². The first kappa shape index (κ1) is 13.4. The van der Waals surface area contributed by atoms with Crippen molar-refractivity contribution in [2.24, 2.45) is 0 Å². The van der Waals surface area contributed by atoms with E-state index in [2.05, 4.69) is 26.8 Å². The standard InChI is InChI=1S/C13H23N3O2/c1-10(7-14-11-3-4-11)8-16-6-5-12(9-16)15-13(17)18-2/h11-12,14H,1,3-9H2,2H3,(H,15,17). The molecule has 2 aliphatic rings. The number of rotatable bonds is 6. The molecule has 0 radical (unpaired) electrons. The van der Waals surface area contributed by atoms with Crippen molar-refractivity contribution in [3.05, 3.63) is 12.2 Å². The van der Waals surface area contributed by atoms with Crippen molar-refractivity contribution >= 4 is 6.09 Å². The van der Waals surface area contributed by atoms with E-state index in [-0.39, 0.29) is 12.1 Å². The number of amides is 1. The molecule has 1 amide bonds. The zero-order valence-electron chi connectivity index (χ0n) is 11.1. The van der Waals surface area contributed by atoms with E-state index in [0.29, 0.717) is 0 Å². The van der Waals surface area contributed by atoms with Gasteiger partial charge in [0.15, 0.2) is 0 Å². The van der Waals surface area contributed by atoms with Crippen molar-refractivity contribution in [3.8, 4) is 0 Å². The van der Waals surface area contributed by atoms with Crippen LogP contribution in [0.2, 0.25) is 0 Å². The van der Waals surface area contributed by atoms with Gasteiger partial charge >= 0.3 is 6.09 Å². The van der Waals surface area contributed by atoms with Crippen LogP contribution in [0.4, 0.5) is 4.79 Å². The maximum atomic E-state index is 11.1. The Morgan fingerprint density at radius 3 is 2.83 bits per heavy atom. The third kappa shape index (κ3) is 4.31. The highest BCUT2D eigenvalue weighted by molar-refractivity contribution is 5.67. The van der Waals surface area contributed by atoms with Crippen molar-refractivity contribution in [1.82, 2.24) is 15.5 Å². The predicted octanol–water partition coefficient (Wildman–Crippen LogP) is 0.725. The number of hydrogen-bond donors (Lipinski definition) is 2. The average Bonchev–Trinajstić information content (AvgIpc) is 3.09. The second-order valence-corrected chi connectivity index (χ2v) is 5.26. The molecule has 1 unspecified atom stereocenters. The fraction of sp³-hybridized carbons (Fsp3) is 0.769. The Balaban J connectivity index is 1.62. The average molecular weight is 253 g/mol. The van der Waals surface area contributed by atoms with Gasteiger partial charge in [0.25, 0.3) is 0 Å². The van der Waals surface area contributed by atoms with E-state index >= 15 is 0 Å². The van der Waals surface area contributed by atoms with Crippen molar-refractivity contribution in [2.45, 2.75) is 31.3 Å². The van der Waals surface area contributed by atoms with Gasteiger partial charge in [-0.25, -0.2) is 4.79 Å². The molecule has 2 fully saturated rings. The molecular weight excluding hydrogens is 230 g/mol. The molecule has 1 heterocycles. The maximum Gasteiger partial charge on any atom is 0.407 e. The molecule has 0 aromatic rings. The number of nitrogens with zero attached hydrogens (tertiary/aromatic N) is 1. The van der Waals surface area contributed by atoms with Crippen molar-refractivity contribution < 1.29 is 9.53 Å². The lowest BCUT2D eigenvalue weighted by Crippen LogP contribution is -2.37. The molecule has 18 heavy (non-hydrogen) atoms. The molecule has 1 saturated heterocycles. The summed E-state index contributed by atoms with van der Waals surface area (Å²) in [5.74, 6) is 0. The molecule has 102 valence electrons. The number of ether oxygens (including phenoxy) is 1. The van der Waals surface area contributed by atoms with E-state index in [1.165, 1.54) is 25.5 Å². The first-order valence-electron chi connectivity index (χ1n) is 6.64. The van der Waals surface area contributed by atoms with E-state index < -0.39 is 0 Å². The number of likely N-dealkylation sites (tertiary alicyclic amines) is 1. The lowest BCUT2D eigenvalue weighted by Gasteiger charge is -2.18. The number of nitrogens with one attached hydrogen (secondary N) is 2. The van der Waals surface area contributed by atoms with Gasteiger partial charge < -0.3 is 15.4 Å². The molecular formula is C13H23N3O2. The van der Waals surface area contributed by atoms with Gasteiger partial charge in [0.2, 0.25) is 0 Å². The Kier molecular flexibility index (Phi) is 4.60. The molecule has 1 atom stereocenters. The van der Waals surface area contributed by atoms with Crippen molar-refractivity contribution in [3.63, 3.8) is 0 Å². The van der Waals surface area contributed by atoms with E-state index in [1.807, 2.05) is 0 Å². The summed E-state index contributed by atoms with van der Waals surface area (Å²) in [6.45, 7) is 7.83. The Bertz CT molecular complexity index is 315. The van der Waals surface area contributed by atoms with Crippen LogP contribution >= 0.6 is 0 Å². The highest BCUT2D eigenvalue weighted by Crippen LogP contribution is 2.19. The first-order valence-corrected chi connectivity index (χ1v) is 6.64. The number of hydrogen-bond acceptors (Lipinski definition) is 4. The predicted molar refractivity (Wildman–Crippen MR) is 70.6 cm³/mol. The van der Waals surface area contributed by atoms with Gasteiger partial charge in [-0.3, -0.25) is 4.90 Å². The molecule has 0 aromatic heterocycles. The molecule has 1 aliphatic heterocycles. The molecule has 0 aromatic carbocycles. The van der Waals surface area contributed by atoms with Gasteiger partial charge in [0.05, 0.1) is 7.11 Å². The normalized spacial score (nSPS) is 23.9. The Morgan fingerprint density at radius 1 is 1.39 bits per heavy atom. The van der Waals surface area contributed by atoms with Gasteiger partial charge in [-0.1, -0.05) is 6.58 Å². The largest absolute Gasteiger partial charge is 0.453 e. The van der Waals surface area contributed by atoms with E-state index in [4.69, 9.17) is 0 Å². The van der Waals surface area contributed by atoms with Gasteiger partial charge in [-0.05, 0) is 24.8 Å². The van der Waals surface area contributed by atoms with E-state index in [9.17, 15) is 4.79 Å². The van der Waals surface area contributed by atoms with Crippen LogP contribution in [-0.4, -0.2) is 56.4 Å². The van der Waals surface area contributed by atoms with Crippen molar-refractivity contribution in [2.75, 3.05) is 33.3 Å². The summed E-state index contributed by atoms with van der Waals surface area (Å²) >= 11 is 0. The number of alkyl carbamates (subject to hydrolysis) is 1. The van der Waals surface area contributed by atoms with E-state index in [0.717, 1.165) is 38.6 Å². The molecule has 0 spiro atoms. The quantitative estimate of drug-likeness (QED) is 0.685. The van der Waals surface area contributed by atoms with Gasteiger partial charge in [-0.15, -0.1) is 0 Å². The maximum absolute atomic E-state index is 11.1. The summed E-state index contributed by atoms with van der Waals surface area (Å²) in [7, 11) is 1.40. The van der Waals surface area contributed by atoms with Crippen LogP contribution in [-0.2, 0) is 4.74 Å². The Labute approximate surface area is 109 Å². The monoisotopic (exact) mass is 253 g/mol. The fourth-order valence-corrected chi connectivity index (χ4v) is 2.27. The third-order valence-electron chi connectivity index (χ3n) is 3.45. The molecule has 5 nitrogen and oxygen atoms in total. The van der Waals surface area contributed by atoms with E-state index in [1.54, 1.807) is 0 Å². The summed E-state index contributed by atoms with van der Waals surface area (Å²) in [4.78, 5) is 13.4. The van der Waals surface area contributed by atoms with Crippen LogP contribution in [0.3, 0.4) is 0 Å². The second kappa shape index (κ2) is 6.20. The Hall–Kier alpha value is -1.07. The SMILES string of the molecule is C=C(CNC1CC1)CN1CCC(NC(=O)OC)C1. The lowest BCUT2D eigenvalue weighted by atomic mass is 10.2. The van der Waals surface area contributed by atoms with Crippen LogP contribution in [0.15, 0.2) is 12.2 Å². The minimum atomic E-state index is -0.337. The molecule has 1 saturated carbocycles.